The zero-order valence-corrected chi connectivity index (χ0v) is 12.3. The monoisotopic (exact) mass is 306 g/mol. The molecular weight excluding hydrogens is 292 g/mol. The van der Waals surface area contributed by atoms with E-state index in [9.17, 15) is 14.9 Å². The molecule has 1 aromatic carbocycles. The van der Waals surface area contributed by atoms with Crippen molar-refractivity contribution < 1.29 is 9.72 Å². The average Bonchev–Trinajstić information content (AvgIpc) is 2.98. The predicted molar refractivity (Wildman–Crippen MR) is 80.4 cm³/mol. The van der Waals surface area contributed by atoms with Crippen LogP contribution in [0.5, 0.6) is 0 Å². The first-order valence-corrected chi connectivity index (χ1v) is 7.04. The Morgan fingerprint density at radius 2 is 2.29 bits per heavy atom. The molecule has 0 fully saturated rings. The molecule has 21 heavy (non-hydrogen) atoms. The van der Waals surface area contributed by atoms with Crippen molar-refractivity contribution in [2.24, 2.45) is 0 Å². The van der Waals surface area contributed by atoms with Crippen molar-refractivity contribution >= 4 is 28.2 Å². The topological polar surface area (TPSA) is 88.4 Å². The lowest BCUT2D eigenvalue weighted by atomic mass is 10.1. The Hall–Kier alpha value is -2.48. The number of non-ortho nitro benzene ring substituents is 1. The first kappa shape index (κ1) is 14.9. The highest BCUT2D eigenvalue weighted by Gasteiger charge is 2.19. The Morgan fingerprint density at radius 3 is 2.90 bits per heavy atom. The molecule has 0 saturated carbocycles. The molecule has 0 spiro atoms. The molecule has 8 heteroatoms. The standard InChI is InChI=1S/C13H14N4O3S/c1-9(10-4-3-5-11(8-10)17(19)20)16(2)13(18)15-12-14-6-7-21-12/h3-9H,1-2H3,(H,14,15,18)/t9-/m1/s1. The summed E-state index contributed by atoms with van der Waals surface area (Å²) < 4.78 is 0. The van der Waals surface area contributed by atoms with Crippen LogP contribution in [-0.2, 0) is 0 Å². The quantitative estimate of drug-likeness (QED) is 0.693. The fourth-order valence-electron chi connectivity index (χ4n) is 1.76. The molecule has 7 nitrogen and oxygen atoms in total. The molecule has 0 unspecified atom stereocenters. The first-order valence-electron chi connectivity index (χ1n) is 6.16. The number of thiazole rings is 1. The van der Waals surface area contributed by atoms with Gasteiger partial charge in [-0.2, -0.15) is 0 Å². The lowest BCUT2D eigenvalue weighted by molar-refractivity contribution is -0.384. The minimum Gasteiger partial charge on any atom is -0.321 e. The SMILES string of the molecule is C[C@H](c1cccc([N+](=O)[O-])c1)N(C)C(=O)Nc1nccs1. The van der Waals surface area contributed by atoms with Crippen molar-refractivity contribution in [1.82, 2.24) is 9.88 Å². The van der Waals surface area contributed by atoms with E-state index in [1.807, 2.05) is 0 Å². The van der Waals surface area contributed by atoms with E-state index in [-0.39, 0.29) is 17.8 Å². The Bertz CT molecular complexity index is 645. The largest absolute Gasteiger partial charge is 0.323 e. The number of nitrogens with zero attached hydrogens (tertiary/aromatic N) is 3. The summed E-state index contributed by atoms with van der Waals surface area (Å²) in [5.41, 5.74) is 0.703. The van der Waals surface area contributed by atoms with Gasteiger partial charge in [0.2, 0.25) is 0 Å². The molecule has 1 heterocycles. The number of rotatable bonds is 4. The Labute approximate surface area is 125 Å². The highest BCUT2D eigenvalue weighted by molar-refractivity contribution is 7.13. The van der Waals surface area contributed by atoms with Crippen LogP contribution in [0.25, 0.3) is 0 Å². The summed E-state index contributed by atoms with van der Waals surface area (Å²) in [7, 11) is 1.63. The minimum atomic E-state index is -0.453. The molecule has 0 aliphatic heterocycles. The molecule has 0 aliphatic rings. The number of nitro benzene ring substituents is 1. The fourth-order valence-corrected chi connectivity index (χ4v) is 2.28. The Kier molecular flexibility index (Phi) is 4.49. The molecular formula is C13H14N4O3S. The van der Waals surface area contributed by atoms with Crippen LogP contribution in [0.4, 0.5) is 15.6 Å². The third kappa shape index (κ3) is 3.54. The van der Waals surface area contributed by atoms with Crippen molar-refractivity contribution in [1.29, 1.82) is 0 Å². The van der Waals surface area contributed by atoms with Crippen LogP contribution in [0, 0.1) is 10.1 Å². The van der Waals surface area contributed by atoms with Gasteiger partial charge in [0.15, 0.2) is 5.13 Å². The molecule has 0 aliphatic carbocycles. The van der Waals surface area contributed by atoms with Crippen molar-refractivity contribution in [3.05, 3.63) is 51.5 Å². The van der Waals surface area contributed by atoms with Crippen LogP contribution in [0.3, 0.4) is 0 Å². The summed E-state index contributed by atoms with van der Waals surface area (Å²) in [4.78, 5) is 27.9. The number of amides is 2. The third-order valence-electron chi connectivity index (χ3n) is 3.11. The molecule has 2 rings (SSSR count). The number of benzene rings is 1. The van der Waals surface area contributed by atoms with Crippen molar-refractivity contribution in [2.45, 2.75) is 13.0 Å². The zero-order chi connectivity index (χ0) is 15.4. The van der Waals surface area contributed by atoms with E-state index in [1.54, 1.807) is 37.7 Å². The number of nitrogens with one attached hydrogen (secondary N) is 1. The van der Waals surface area contributed by atoms with E-state index < -0.39 is 4.92 Å². The number of nitro groups is 1. The highest BCUT2D eigenvalue weighted by atomic mass is 32.1. The first-order chi connectivity index (χ1) is 9.99. The van der Waals surface area contributed by atoms with Crippen LogP contribution in [-0.4, -0.2) is 27.9 Å². The van der Waals surface area contributed by atoms with Gasteiger partial charge >= 0.3 is 6.03 Å². The molecule has 0 saturated heterocycles. The Morgan fingerprint density at radius 1 is 1.52 bits per heavy atom. The molecule has 0 radical (unpaired) electrons. The fraction of sp³-hybridized carbons (Fsp3) is 0.231. The molecule has 0 bridgehead atoms. The van der Waals surface area contributed by atoms with Gasteiger partial charge in [0.1, 0.15) is 0 Å². The smallest absolute Gasteiger partial charge is 0.321 e. The normalized spacial score (nSPS) is 11.7. The molecule has 110 valence electrons. The minimum absolute atomic E-state index is 0.00748. The van der Waals surface area contributed by atoms with Gasteiger partial charge in [0.05, 0.1) is 11.0 Å². The maximum Gasteiger partial charge on any atom is 0.323 e. The Balaban J connectivity index is 2.11. The number of aromatic nitrogens is 1. The zero-order valence-electron chi connectivity index (χ0n) is 11.5. The second kappa shape index (κ2) is 6.31. The molecule has 1 atom stereocenters. The number of anilines is 1. The summed E-state index contributed by atoms with van der Waals surface area (Å²) in [6.07, 6.45) is 1.60. The van der Waals surface area contributed by atoms with Gasteiger partial charge in [-0.15, -0.1) is 11.3 Å². The van der Waals surface area contributed by atoms with Gasteiger partial charge in [0, 0.05) is 30.8 Å². The van der Waals surface area contributed by atoms with Crippen molar-refractivity contribution in [3.63, 3.8) is 0 Å². The molecule has 2 amide bonds. The van der Waals surface area contributed by atoms with Gasteiger partial charge in [-0.25, -0.2) is 9.78 Å². The number of carbonyl (C=O) groups excluding carboxylic acids is 1. The van der Waals surface area contributed by atoms with E-state index in [2.05, 4.69) is 10.3 Å². The molecule has 2 aromatic rings. The van der Waals surface area contributed by atoms with Crippen LogP contribution >= 0.6 is 11.3 Å². The van der Waals surface area contributed by atoms with Crippen LogP contribution in [0.15, 0.2) is 35.8 Å². The van der Waals surface area contributed by atoms with Gasteiger partial charge in [0.25, 0.3) is 5.69 Å². The van der Waals surface area contributed by atoms with Gasteiger partial charge in [-0.3, -0.25) is 15.4 Å². The lowest BCUT2D eigenvalue weighted by Crippen LogP contribution is -2.33. The van der Waals surface area contributed by atoms with Crippen LogP contribution in [0.1, 0.15) is 18.5 Å². The maximum absolute atomic E-state index is 12.1. The van der Waals surface area contributed by atoms with Gasteiger partial charge in [-0.05, 0) is 12.5 Å². The summed E-state index contributed by atoms with van der Waals surface area (Å²) >= 11 is 1.32. The van der Waals surface area contributed by atoms with Gasteiger partial charge in [-0.1, -0.05) is 12.1 Å². The summed E-state index contributed by atoms with van der Waals surface area (Å²) in [5, 5.41) is 15.7. The summed E-state index contributed by atoms with van der Waals surface area (Å²) in [6.45, 7) is 1.81. The van der Waals surface area contributed by atoms with Crippen LogP contribution in [0.2, 0.25) is 0 Å². The van der Waals surface area contributed by atoms with Gasteiger partial charge < -0.3 is 4.90 Å². The summed E-state index contributed by atoms with van der Waals surface area (Å²) in [5.74, 6) is 0. The molecule has 1 N–H and O–H groups in total. The molecule has 1 aromatic heterocycles. The van der Waals surface area contributed by atoms with E-state index in [0.29, 0.717) is 10.7 Å². The van der Waals surface area contributed by atoms with Crippen molar-refractivity contribution in [2.75, 3.05) is 12.4 Å². The number of urea groups is 1. The third-order valence-corrected chi connectivity index (χ3v) is 3.80. The predicted octanol–water partition coefficient (Wildman–Crippen LogP) is 3.28. The number of hydrogen-bond donors (Lipinski definition) is 1. The van der Waals surface area contributed by atoms with E-state index in [4.69, 9.17) is 0 Å². The lowest BCUT2D eigenvalue weighted by Gasteiger charge is -2.24. The second-order valence-corrected chi connectivity index (χ2v) is 5.30. The maximum atomic E-state index is 12.1. The van der Waals surface area contributed by atoms with E-state index in [0.717, 1.165) is 0 Å². The highest BCUT2D eigenvalue weighted by Crippen LogP contribution is 2.23. The second-order valence-electron chi connectivity index (χ2n) is 4.41. The van der Waals surface area contributed by atoms with Crippen LogP contribution < -0.4 is 5.32 Å². The number of hydrogen-bond acceptors (Lipinski definition) is 5. The summed E-state index contributed by atoms with van der Waals surface area (Å²) in [6, 6.07) is 5.64. The van der Waals surface area contributed by atoms with Crippen molar-refractivity contribution in [3.8, 4) is 0 Å². The van der Waals surface area contributed by atoms with E-state index >= 15 is 0 Å². The average molecular weight is 306 g/mol. The van der Waals surface area contributed by atoms with E-state index in [1.165, 1.54) is 28.4 Å². The number of carbonyl (C=O) groups is 1.